The Morgan fingerprint density at radius 3 is 0.761 bits per heavy atom. The van der Waals surface area contributed by atoms with Crippen molar-refractivity contribution in [3.8, 4) is 11.1 Å². The molecule has 0 atom stereocenters. The van der Waals surface area contributed by atoms with E-state index in [2.05, 4.69) is 183 Å². The Labute approximate surface area is 275 Å². The fraction of sp³-hybridized carbons (Fsp3) is 0.182. The number of rotatable bonds is 11. The van der Waals surface area contributed by atoms with E-state index in [1.165, 1.54) is 67.0 Å². The van der Waals surface area contributed by atoms with Gasteiger partial charge >= 0.3 is 0 Å². The first-order chi connectivity index (χ1) is 22.4. The van der Waals surface area contributed by atoms with E-state index < -0.39 is 0 Å². The number of aryl methyl sites for hydroxylation is 4. The summed E-state index contributed by atoms with van der Waals surface area (Å²) >= 11 is 0. The largest absolute Gasteiger partial charge is 0.362 e. The van der Waals surface area contributed by atoms with Crippen LogP contribution in [0.4, 0.5) is 11.4 Å². The molecule has 0 radical (unpaired) electrons. The van der Waals surface area contributed by atoms with Crippen molar-refractivity contribution in [1.29, 1.82) is 0 Å². The van der Waals surface area contributed by atoms with Gasteiger partial charge in [0.1, 0.15) is 0 Å². The van der Waals surface area contributed by atoms with Crippen LogP contribution in [0.1, 0.15) is 44.5 Å². The third-order valence-corrected chi connectivity index (χ3v) is 8.81. The van der Waals surface area contributed by atoms with Gasteiger partial charge in [-0.15, -0.1) is 0 Å². The number of hydrogen-bond acceptors (Lipinski definition) is 2. The summed E-state index contributed by atoms with van der Waals surface area (Å²) < 4.78 is 0. The molecule has 0 saturated carbocycles. The van der Waals surface area contributed by atoms with Gasteiger partial charge in [-0.2, -0.15) is 0 Å². The normalized spacial score (nSPS) is 11.0. The molecule has 0 fully saturated rings. The van der Waals surface area contributed by atoms with Gasteiger partial charge < -0.3 is 9.80 Å². The Morgan fingerprint density at radius 1 is 0.326 bits per heavy atom. The number of hydrogen-bond donors (Lipinski definition) is 0. The smallest absolute Gasteiger partial charge is 0.0433 e. The molecule has 0 bridgehead atoms. The summed E-state index contributed by atoms with van der Waals surface area (Å²) in [5, 5.41) is 0. The molecule has 0 aliphatic heterocycles. The zero-order chi connectivity index (χ0) is 31.9. The predicted octanol–water partition coefficient (Wildman–Crippen LogP) is 11.0. The molecule has 0 unspecified atom stereocenters. The lowest BCUT2D eigenvalue weighted by molar-refractivity contribution is 0.792. The molecule has 0 aromatic heterocycles. The highest BCUT2D eigenvalue weighted by Gasteiger charge is 2.18. The molecule has 6 rings (SSSR count). The molecular weight excluding hydrogens is 556 g/mol. The quantitative estimate of drug-likeness (QED) is 0.146. The first-order valence-corrected chi connectivity index (χ1v) is 16.3. The van der Waals surface area contributed by atoms with Gasteiger partial charge in [0.05, 0.1) is 0 Å². The zero-order valence-electron chi connectivity index (χ0n) is 27.6. The third-order valence-electron chi connectivity index (χ3n) is 8.81. The van der Waals surface area contributed by atoms with E-state index >= 15 is 0 Å². The van der Waals surface area contributed by atoms with Gasteiger partial charge in [-0.3, -0.25) is 0 Å². The second-order valence-corrected chi connectivity index (χ2v) is 12.6. The lowest BCUT2D eigenvalue weighted by atomic mass is 9.94. The van der Waals surface area contributed by atoms with Crippen LogP contribution in [-0.4, -0.2) is 0 Å². The van der Waals surface area contributed by atoms with E-state index in [9.17, 15) is 0 Å². The van der Waals surface area contributed by atoms with E-state index in [-0.39, 0.29) is 0 Å². The first-order valence-electron chi connectivity index (χ1n) is 16.3. The SMILES string of the molecule is Cc1cc(-c2cc(C)c(N(Cc3ccccc3)Cc3ccccc3)c(C)c2)cc(C)c1N(Cc1ccccc1)Cc1ccccc1. The van der Waals surface area contributed by atoms with Gasteiger partial charge in [0.15, 0.2) is 0 Å². The molecule has 0 aliphatic rings. The molecule has 2 nitrogen and oxygen atoms in total. The standard InChI is InChI=1S/C44H44N2/c1-33-25-41(26-34(2)43(33)45(29-37-17-9-5-10-18-37)30-38-19-11-6-12-20-38)42-27-35(3)44(36(4)28-42)46(31-39-21-13-7-14-22-39)32-40-23-15-8-16-24-40/h5-28H,29-32H2,1-4H3. The van der Waals surface area contributed by atoms with Crippen LogP contribution in [0.25, 0.3) is 11.1 Å². The van der Waals surface area contributed by atoms with Crippen molar-refractivity contribution in [2.45, 2.75) is 53.9 Å². The van der Waals surface area contributed by atoms with E-state index in [0.29, 0.717) is 0 Å². The highest BCUT2D eigenvalue weighted by atomic mass is 15.1. The lowest BCUT2D eigenvalue weighted by Crippen LogP contribution is -2.24. The second-order valence-electron chi connectivity index (χ2n) is 12.6. The predicted molar refractivity (Wildman–Crippen MR) is 196 cm³/mol. The maximum absolute atomic E-state index is 2.53. The topological polar surface area (TPSA) is 6.48 Å². The Morgan fingerprint density at radius 2 is 0.543 bits per heavy atom. The minimum absolute atomic E-state index is 0.863. The molecule has 0 heterocycles. The molecule has 0 amide bonds. The maximum Gasteiger partial charge on any atom is 0.0433 e. The van der Waals surface area contributed by atoms with Crippen molar-refractivity contribution in [1.82, 2.24) is 0 Å². The van der Waals surface area contributed by atoms with Crippen LogP contribution >= 0.6 is 0 Å². The van der Waals surface area contributed by atoms with Crippen molar-refractivity contribution in [2.24, 2.45) is 0 Å². The van der Waals surface area contributed by atoms with E-state index in [1.54, 1.807) is 0 Å². The molecule has 2 heteroatoms. The molecule has 6 aromatic rings. The highest BCUT2D eigenvalue weighted by Crippen LogP contribution is 2.37. The minimum Gasteiger partial charge on any atom is -0.362 e. The van der Waals surface area contributed by atoms with Gasteiger partial charge in [-0.25, -0.2) is 0 Å². The van der Waals surface area contributed by atoms with Gasteiger partial charge in [-0.1, -0.05) is 121 Å². The lowest BCUT2D eigenvalue weighted by Gasteiger charge is -2.30. The molecular formula is C44H44N2. The average molecular weight is 601 g/mol. The Balaban J connectivity index is 1.34. The van der Waals surface area contributed by atoms with E-state index in [0.717, 1.165) is 26.2 Å². The summed E-state index contributed by atoms with van der Waals surface area (Å²) in [7, 11) is 0. The second kappa shape index (κ2) is 14.3. The zero-order valence-corrected chi connectivity index (χ0v) is 27.6. The number of nitrogens with zero attached hydrogens (tertiary/aromatic N) is 2. The van der Waals surface area contributed by atoms with Gasteiger partial charge in [-0.05, 0) is 108 Å². The average Bonchev–Trinajstić information content (AvgIpc) is 3.06. The van der Waals surface area contributed by atoms with Crippen LogP contribution < -0.4 is 9.80 Å². The van der Waals surface area contributed by atoms with Crippen molar-refractivity contribution < 1.29 is 0 Å². The minimum atomic E-state index is 0.863. The highest BCUT2D eigenvalue weighted by molar-refractivity contribution is 5.76. The number of benzene rings is 6. The van der Waals surface area contributed by atoms with Crippen molar-refractivity contribution >= 4 is 11.4 Å². The van der Waals surface area contributed by atoms with E-state index in [4.69, 9.17) is 0 Å². The van der Waals surface area contributed by atoms with Crippen molar-refractivity contribution in [3.63, 3.8) is 0 Å². The van der Waals surface area contributed by atoms with Gasteiger partial charge in [0.25, 0.3) is 0 Å². The van der Waals surface area contributed by atoms with Crippen LogP contribution in [0.15, 0.2) is 146 Å². The summed E-state index contributed by atoms with van der Waals surface area (Å²) in [6.45, 7) is 12.5. The first kappa shape index (κ1) is 30.9. The molecule has 6 aromatic carbocycles. The van der Waals surface area contributed by atoms with Gasteiger partial charge in [0.2, 0.25) is 0 Å². The Bertz CT molecular complexity index is 1590. The fourth-order valence-corrected chi connectivity index (χ4v) is 6.89. The van der Waals surface area contributed by atoms with Crippen LogP contribution in [-0.2, 0) is 26.2 Å². The van der Waals surface area contributed by atoms with Crippen LogP contribution in [0, 0.1) is 27.7 Å². The molecule has 0 aliphatic carbocycles. The van der Waals surface area contributed by atoms with Crippen molar-refractivity contribution in [3.05, 3.63) is 190 Å². The Hall–Kier alpha value is -5.08. The maximum atomic E-state index is 2.53. The molecule has 0 N–H and O–H groups in total. The molecule has 0 saturated heterocycles. The fourth-order valence-electron chi connectivity index (χ4n) is 6.89. The van der Waals surface area contributed by atoms with Gasteiger partial charge in [0, 0.05) is 37.6 Å². The summed E-state index contributed by atoms with van der Waals surface area (Å²) in [6.07, 6.45) is 0. The van der Waals surface area contributed by atoms with Crippen LogP contribution in [0.2, 0.25) is 0 Å². The van der Waals surface area contributed by atoms with Crippen LogP contribution in [0.3, 0.4) is 0 Å². The summed E-state index contributed by atoms with van der Waals surface area (Å²) in [4.78, 5) is 5.06. The molecule has 0 spiro atoms. The summed E-state index contributed by atoms with van der Waals surface area (Å²) in [5.41, 5.74) is 15.7. The third kappa shape index (κ3) is 7.41. The summed E-state index contributed by atoms with van der Waals surface area (Å²) in [5.74, 6) is 0. The van der Waals surface area contributed by atoms with E-state index in [1.807, 2.05) is 0 Å². The molecule has 230 valence electrons. The van der Waals surface area contributed by atoms with Crippen LogP contribution in [0.5, 0.6) is 0 Å². The van der Waals surface area contributed by atoms with Crippen molar-refractivity contribution in [2.75, 3.05) is 9.80 Å². The monoisotopic (exact) mass is 600 g/mol. The Kier molecular flexibility index (Phi) is 9.65. The number of anilines is 2. The molecule has 46 heavy (non-hydrogen) atoms. The summed E-state index contributed by atoms with van der Waals surface area (Å²) in [6, 6.07) is 52.8.